The Balaban J connectivity index is 2.25. The summed E-state index contributed by atoms with van der Waals surface area (Å²) in [6.45, 7) is 12.7. The number of benzene rings is 1. The molecule has 0 bridgehead atoms. The maximum atomic E-state index is 5.84. The van der Waals surface area contributed by atoms with Gasteiger partial charge in [-0.3, -0.25) is 0 Å². The smallest absolute Gasteiger partial charge is 0.119 e. The van der Waals surface area contributed by atoms with Gasteiger partial charge in [0.15, 0.2) is 0 Å². The topological polar surface area (TPSA) is 24.5 Å². The number of nitrogens with one attached hydrogen (secondary N) is 1. The Labute approximate surface area is 130 Å². The molecular weight excluding hydrogens is 260 g/mol. The van der Waals surface area contributed by atoms with E-state index in [-0.39, 0.29) is 0 Å². The second-order valence-electron chi connectivity index (χ2n) is 5.46. The van der Waals surface area contributed by atoms with E-state index >= 15 is 0 Å². The van der Waals surface area contributed by atoms with Crippen molar-refractivity contribution in [1.29, 1.82) is 0 Å². The van der Waals surface area contributed by atoms with Crippen LogP contribution in [0.4, 0.5) is 0 Å². The van der Waals surface area contributed by atoms with Crippen LogP contribution in [0.2, 0.25) is 0 Å². The molecule has 0 saturated heterocycles. The van der Waals surface area contributed by atoms with Crippen molar-refractivity contribution in [3.8, 4) is 5.75 Å². The lowest BCUT2D eigenvalue weighted by Gasteiger charge is -2.20. The first-order chi connectivity index (χ1) is 10.3. The second kappa shape index (κ2) is 11.6. The Bertz CT molecular complexity index is 351. The lowest BCUT2D eigenvalue weighted by atomic mass is 10.2. The van der Waals surface area contributed by atoms with Gasteiger partial charge in [-0.15, -0.1) is 0 Å². The number of ether oxygens (including phenoxy) is 1. The predicted molar refractivity (Wildman–Crippen MR) is 91.0 cm³/mol. The van der Waals surface area contributed by atoms with E-state index in [1.807, 2.05) is 0 Å². The molecule has 1 N–H and O–H groups in total. The molecule has 0 aromatic heterocycles. The monoisotopic (exact) mass is 292 g/mol. The van der Waals surface area contributed by atoms with E-state index in [4.69, 9.17) is 4.74 Å². The van der Waals surface area contributed by atoms with Crippen LogP contribution in [-0.4, -0.2) is 37.7 Å². The van der Waals surface area contributed by atoms with Gasteiger partial charge >= 0.3 is 0 Å². The summed E-state index contributed by atoms with van der Waals surface area (Å²) in [5, 5.41) is 3.41. The maximum Gasteiger partial charge on any atom is 0.119 e. The zero-order chi connectivity index (χ0) is 15.3. The number of hydrogen-bond donors (Lipinski definition) is 1. The van der Waals surface area contributed by atoms with Gasteiger partial charge < -0.3 is 15.0 Å². The molecule has 0 aliphatic rings. The van der Waals surface area contributed by atoms with Gasteiger partial charge in [0, 0.05) is 13.1 Å². The van der Waals surface area contributed by atoms with Crippen LogP contribution in [0, 0.1) is 0 Å². The molecule has 1 aromatic carbocycles. The molecule has 0 amide bonds. The van der Waals surface area contributed by atoms with Crippen LogP contribution in [0.5, 0.6) is 5.75 Å². The molecular formula is C18H32N2O. The van der Waals surface area contributed by atoms with Crippen molar-refractivity contribution < 1.29 is 4.74 Å². The van der Waals surface area contributed by atoms with Crippen LogP contribution in [0.15, 0.2) is 24.3 Å². The Kier molecular flexibility index (Phi) is 9.92. The van der Waals surface area contributed by atoms with Crippen LogP contribution in [0.3, 0.4) is 0 Å². The first-order valence-electron chi connectivity index (χ1n) is 8.44. The standard InChI is InChI=1S/C18H32N2O/c1-4-7-13-20(6-3)14-15-21-18-10-8-17(9-11-18)16-19-12-5-2/h8-11,19H,4-7,12-16H2,1-3H3. The average molecular weight is 292 g/mol. The van der Waals surface area contributed by atoms with Crippen molar-refractivity contribution in [3.05, 3.63) is 29.8 Å². The minimum absolute atomic E-state index is 0.769. The van der Waals surface area contributed by atoms with Gasteiger partial charge in [0.2, 0.25) is 0 Å². The molecule has 0 fully saturated rings. The van der Waals surface area contributed by atoms with Gasteiger partial charge in [0.05, 0.1) is 0 Å². The van der Waals surface area contributed by atoms with Crippen molar-refractivity contribution in [3.63, 3.8) is 0 Å². The molecule has 1 aromatic rings. The lowest BCUT2D eigenvalue weighted by Crippen LogP contribution is -2.29. The number of hydrogen-bond acceptors (Lipinski definition) is 3. The highest BCUT2D eigenvalue weighted by molar-refractivity contribution is 5.27. The van der Waals surface area contributed by atoms with E-state index in [1.54, 1.807) is 0 Å². The Morgan fingerprint density at radius 3 is 2.38 bits per heavy atom. The molecule has 0 unspecified atom stereocenters. The molecule has 0 radical (unpaired) electrons. The number of rotatable bonds is 12. The van der Waals surface area contributed by atoms with E-state index in [9.17, 15) is 0 Å². The first kappa shape index (κ1) is 18.0. The highest BCUT2D eigenvalue weighted by atomic mass is 16.5. The number of likely N-dealkylation sites (N-methyl/N-ethyl adjacent to an activating group) is 1. The summed E-state index contributed by atoms with van der Waals surface area (Å²) in [6.07, 6.45) is 3.70. The van der Waals surface area contributed by atoms with Crippen LogP contribution in [0.25, 0.3) is 0 Å². The van der Waals surface area contributed by atoms with Gasteiger partial charge in [-0.25, -0.2) is 0 Å². The molecule has 0 atom stereocenters. The molecule has 3 nitrogen and oxygen atoms in total. The number of unbranched alkanes of at least 4 members (excludes halogenated alkanes) is 1. The first-order valence-corrected chi connectivity index (χ1v) is 8.44. The molecule has 0 aliphatic heterocycles. The molecule has 120 valence electrons. The third kappa shape index (κ3) is 8.08. The summed E-state index contributed by atoms with van der Waals surface area (Å²) < 4.78 is 5.84. The second-order valence-corrected chi connectivity index (χ2v) is 5.46. The highest BCUT2D eigenvalue weighted by Crippen LogP contribution is 2.12. The zero-order valence-electron chi connectivity index (χ0n) is 14.0. The fraction of sp³-hybridized carbons (Fsp3) is 0.667. The van der Waals surface area contributed by atoms with Crippen molar-refractivity contribution in [2.45, 2.75) is 46.6 Å². The van der Waals surface area contributed by atoms with E-state index in [1.165, 1.54) is 31.4 Å². The largest absolute Gasteiger partial charge is 0.492 e. The van der Waals surface area contributed by atoms with Crippen molar-refractivity contribution >= 4 is 0 Å². The summed E-state index contributed by atoms with van der Waals surface area (Å²) in [4.78, 5) is 2.45. The van der Waals surface area contributed by atoms with Crippen LogP contribution in [0.1, 0.15) is 45.6 Å². The highest BCUT2D eigenvalue weighted by Gasteiger charge is 2.02. The molecule has 3 heteroatoms. The molecule has 0 aliphatic carbocycles. The fourth-order valence-corrected chi connectivity index (χ4v) is 2.22. The molecule has 0 saturated carbocycles. The van der Waals surface area contributed by atoms with Crippen molar-refractivity contribution in [2.75, 3.05) is 32.8 Å². The van der Waals surface area contributed by atoms with E-state index < -0.39 is 0 Å². The van der Waals surface area contributed by atoms with E-state index in [0.29, 0.717) is 0 Å². The summed E-state index contributed by atoms with van der Waals surface area (Å²) in [7, 11) is 0. The van der Waals surface area contributed by atoms with Crippen LogP contribution >= 0.6 is 0 Å². The van der Waals surface area contributed by atoms with Gasteiger partial charge in [-0.1, -0.05) is 39.3 Å². The van der Waals surface area contributed by atoms with Gasteiger partial charge in [-0.2, -0.15) is 0 Å². The fourth-order valence-electron chi connectivity index (χ4n) is 2.22. The molecule has 21 heavy (non-hydrogen) atoms. The third-order valence-electron chi connectivity index (χ3n) is 3.63. The average Bonchev–Trinajstić information content (AvgIpc) is 2.52. The van der Waals surface area contributed by atoms with Gasteiger partial charge in [0.1, 0.15) is 12.4 Å². The number of nitrogens with zero attached hydrogens (tertiary/aromatic N) is 1. The van der Waals surface area contributed by atoms with Gasteiger partial charge in [-0.05, 0) is 50.2 Å². The zero-order valence-corrected chi connectivity index (χ0v) is 14.0. The summed E-state index contributed by atoms with van der Waals surface area (Å²) >= 11 is 0. The summed E-state index contributed by atoms with van der Waals surface area (Å²) in [5.74, 6) is 0.973. The molecule has 1 rings (SSSR count). The molecule has 0 heterocycles. The SMILES string of the molecule is CCCCN(CC)CCOc1ccc(CNCCC)cc1. The summed E-state index contributed by atoms with van der Waals surface area (Å²) in [5.41, 5.74) is 1.31. The minimum Gasteiger partial charge on any atom is -0.492 e. The molecule has 0 spiro atoms. The van der Waals surface area contributed by atoms with E-state index in [2.05, 4.69) is 55.3 Å². The van der Waals surface area contributed by atoms with Gasteiger partial charge in [0.25, 0.3) is 0 Å². The third-order valence-corrected chi connectivity index (χ3v) is 3.63. The van der Waals surface area contributed by atoms with Crippen molar-refractivity contribution in [1.82, 2.24) is 10.2 Å². The van der Waals surface area contributed by atoms with Crippen molar-refractivity contribution in [2.24, 2.45) is 0 Å². The summed E-state index contributed by atoms with van der Waals surface area (Å²) in [6, 6.07) is 8.44. The Hall–Kier alpha value is -1.06. The normalized spacial score (nSPS) is 11.0. The van der Waals surface area contributed by atoms with E-state index in [0.717, 1.165) is 38.5 Å². The maximum absolute atomic E-state index is 5.84. The minimum atomic E-state index is 0.769. The Morgan fingerprint density at radius 2 is 1.76 bits per heavy atom. The Morgan fingerprint density at radius 1 is 1.00 bits per heavy atom. The van der Waals surface area contributed by atoms with Crippen LogP contribution in [-0.2, 0) is 6.54 Å². The lowest BCUT2D eigenvalue weighted by molar-refractivity contribution is 0.213. The predicted octanol–water partition coefficient (Wildman–Crippen LogP) is 3.69. The van der Waals surface area contributed by atoms with Crippen LogP contribution < -0.4 is 10.1 Å². The quantitative estimate of drug-likeness (QED) is 0.595.